The van der Waals surface area contributed by atoms with E-state index in [1.54, 1.807) is 18.0 Å². The normalized spacial score (nSPS) is 13.2. The van der Waals surface area contributed by atoms with Gasteiger partial charge in [0, 0.05) is 17.3 Å². The molecule has 25 heavy (non-hydrogen) atoms. The van der Waals surface area contributed by atoms with Crippen LogP contribution in [0.15, 0.2) is 38.5 Å². The van der Waals surface area contributed by atoms with Gasteiger partial charge in [0.25, 0.3) is 0 Å². The summed E-state index contributed by atoms with van der Waals surface area (Å²) in [5.41, 5.74) is 2.08. The standard InChI is InChI=1S/C17H16BrN3O3S/c1-10-12(3-4-22-10)16-19-20-17(21(16)2)25-9-11-7-14-15(8-13(11)18)24-6-5-23-14/h3-4,7-8H,5-6,9H2,1-2H3. The Labute approximate surface area is 157 Å². The number of rotatable bonds is 4. The van der Waals surface area contributed by atoms with Crippen molar-refractivity contribution < 1.29 is 13.9 Å². The zero-order chi connectivity index (χ0) is 17.4. The van der Waals surface area contributed by atoms with Crippen LogP contribution in [0.25, 0.3) is 11.4 Å². The van der Waals surface area contributed by atoms with Gasteiger partial charge in [-0.05, 0) is 30.7 Å². The van der Waals surface area contributed by atoms with Crippen molar-refractivity contribution in [3.05, 3.63) is 40.3 Å². The Morgan fingerprint density at radius 1 is 1.20 bits per heavy atom. The average Bonchev–Trinajstić information content (AvgIpc) is 3.18. The van der Waals surface area contributed by atoms with Gasteiger partial charge in [0.2, 0.25) is 0 Å². The van der Waals surface area contributed by atoms with Crippen LogP contribution in [0.3, 0.4) is 0 Å². The van der Waals surface area contributed by atoms with Gasteiger partial charge in [-0.15, -0.1) is 10.2 Å². The lowest BCUT2D eigenvalue weighted by atomic mass is 10.2. The molecule has 0 amide bonds. The molecule has 4 rings (SSSR count). The van der Waals surface area contributed by atoms with E-state index in [4.69, 9.17) is 13.9 Å². The molecule has 1 aromatic carbocycles. The first-order valence-electron chi connectivity index (χ1n) is 7.78. The first-order chi connectivity index (χ1) is 12.1. The Hall–Kier alpha value is -1.93. The molecule has 0 spiro atoms. The van der Waals surface area contributed by atoms with Crippen LogP contribution in [-0.4, -0.2) is 28.0 Å². The number of ether oxygens (including phenoxy) is 2. The van der Waals surface area contributed by atoms with E-state index in [0.717, 1.165) is 49.6 Å². The van der Waals surface area contributed by atoms with Crippen LogP contribution in [0.4, 0.5) is 0 Å². The van der Waals surface area contributed by atoms with Crippen LogP contribution in [0.5, 0.6) is 11.5 Å². The summed E-state index contributed by atoms with van der Waals surface area (Å²) in [6.45, 7) is 3.09. The third-order valence-corrected chi connectivity index (χ3v) is 5.81. The van der Waals surface area contributed by atoms with Crippen molar-refractivity contribution in [2.75, 3.05) is 13.2 Å². The molecule has 1 aliphatic heterocycles. The van der Waals surface area contributed by atoms with Gasteiger partial charge in [0.05, 0.1) is 11.8 Å². The minimum Gasteiger partial charge on any atom is -0.486 e. The molecule has 0 unspecified atom stereocenters. The highest BCUT2D eigenvalue weighted by Crippen LogP contribution is 2.38. The van der Waals surface area contributed by atoms with Crippen molar-refractivity contribution >= 4 is 27.7 Å². The van der Waals surface area contributed by atoms with Crippen LogP contribution < -0.4 is 9.47 Å². The first-order valence-corrected chi connectivity index (χ1v) is 9.56. The Bertz CT molecular complexity index is 922. The van der Waals surface area contributed by atoms with E-state index in [1.807, 2.05) is 36.7 Å². The van der Waals surface area contributed by atoms with Gasteiger partial charge in [-0.25, -0.2) is 0 Å². The molecule has 0 saturated heterocycles. The fourth-order valence-electron chi connectivity index (χ4n) is 2.65. The number of hydrogen-bond acceptors (Lipinski definition) is 6. The fourth-order valence-corrected chi connectivity index (χ4v) is 4.20. The van der Waals surface area contributed by atoms with Crippen molar-refractivity contribution in [3.63, 3.8) is 0 Å². The molecule has 0 fully saturated rings. The lowest BCUT2D eigenvalue weighted by Gasteiger charge is -2.19. The predicted octanol–water partition coefficient (Wildman–Crippen LogP) is 4.21. The summed E-state index contributed by atoms with van der Waals surface area (Å²) in [7, 11) is 1.96. The molecule has 0 saturated carbocycles. The average molecular weight is 422 g/mol. The van der Waals surface area contributed by atoms with E-state index < -0.39 is 0 Å². The fraction of sp³-hybridized carbons (Fsp3) is 0.294. The summed E-state index contributed by atoms with van der Waals surface area (Å²) in [5, 5.41) is 9.45. The van der Waals surface area contributed by atoms with Gasteiger partial charge < -0.3 is 18.5 Å². The van der Waals surface area contributed by atoms with Gasteiger partial charge in [0.15, 0.2) is 22.5 Å². The van der Waals surface area contributed by atoms with Crippen molar-refractivity contribution in [3.8, 4) is 22.9 Å². The van der Waals surface area contributed by atoms with Gasteiger partial charge in [-0.1, -0.05) is 27.7 Å². The molecule has 0 radical (unpaired) electrons. The van der Waals surface area contributed by atoms with Crippen molar-refractivity contribution in [2.45, 2.75) is 17.8 Å². The highest BCUT2D eigenvalue weighted by molar-refractivity contribution is 9.10. The molecular formula is C17H16BrN3O3S. The molecule has 8 heteroatoms. The van der Waals surface area contributed by atoms with Gasteiger partial charge in [-0.3, -0.25) is 0 Å². The highest BCUT2D eigenvalue weighted by Gasteiger charge is 2.17. The van der Waals surface area contributed by atoms with Crippen LogP contribution in [0.1, 0.15) is 11.3 Å². The summed E-state index contributed by atoms with van der Waals surface area (Å²) in [6.07, 6.45) is 1.67. The number of benzene rings is 1. The van der Waals surface area contributed by atoms with E-state index in [1.165, 1.54) is 0 Å². The summed E-state index contributed by atoms with van der Waals surface area (Å²) >= 11 is 5.23. The van der Waals surface area contributed by atoms with Gasteiger partial charge in [-0.2, -0.15) is 0 Å². The maximum atomic E-state index is 5.66. The number of hydrogen-bond donors (Lipinski definition) is 0. The predicted molar refractivity (Wildman–Crippen MR) is 98.1 cm³/mol. The van der Waals surface area contributed by atoms with E-state index in [0.29, 0.717) is 13.2 Å². The van der Waals surface area contributed by atoms with Crippen LogP contribution in [-0.2, 0) is 12.8 Å². The number of aryl methyl sites for hydroxylation is 1. The molecule has 0 N–H and O–H groups in total. The van der Waals surface area contributed by atoms with Crippen LogP contribution in [0, 0.1) is 6.92 Å². The molecule has 3 heterocycles. The van der Waals surface area contributed by atoms with Crippen LogP contribution in [0.2, 0.25) is 0 Å². The quantitative estimate of drug-likeness (QED) is 0.587. The SMILES string of the molecule is Cc1occc1-c1nnc(SCc2cc3c(cc2Br)OCCO3)n1C. The maximum Gasteiger partial charge on any atom is 0.191 e. The first kappa shape index (κ1) is 16.5. The molecule has 3 aromatic rings. The van der Waals surface area contributed by atoms with Gasteiger partial charge >= 0.3 is 0 Å². The van der Waals surface area contributed by atoms with Gasteiger partial charge in [0.1, 0.15) is 19.0 Å². The molecule has 0 bridgehead atoms. The number of halogens is 1. The Balaban J connectivity index is 1.54. The molecule has 2 aromatic heterocycles. The maximum absolute atomic E-state index is 5.66. The lowest BCUT2D eigenvalue weighted by molar-refractivity contribution is 0.171. The molecule has 0 atom stereocenters. The van der Waals surface area contributed by atoms with Crippen molar-refractivity contribution in [1.29, 1.82) is 0 Å². The van der Waals surface area contributed by atoms with Crippen molar-refractivity contribution in [2.24, 2.45) is 7.05 Å². The molecule has 0 aliphatic carbocycles. The second-order valence-electron chi connectivity index (χ2n) is 5.63. The Morgan fingerprint density at radius 2 is 1.96 bits per heavy atom. The zero-order valence-electron chi connectivity index (χ0n) is 13.8. The number of aromatic nitrogens is 3. The third kappa shape index (κ3) is 3.16. The zero-order valence-corrected chi connectivity index (χ0v) is 16.2. The number of thioether (sulfide) groups is 1. The Kier molecular flexibility index (Phi) is 4.47. The second kappa shape index (κ2) is 6.76. The smallest absolute Gasteiger partial charge is 0.191 e. The number of furan rings is 1. The minimum atomic E-state index is 0.581. The topological polar surface area (TPSA) is 62.3 Å². The molecule has 6 nitrogen and oxygen atoms in total. The molecule has 1 aliphatic rings. The van der Waals surface area contributed by atoms with E-state index in [9.17, 15) is 0 Å². The monoisotopic (exact) mass is 421 g/mol. The summed E-state index contributed by atoms with van der Waals surface area (Å²) in [4.78, 5) is 0. The third-order valence-electron chi connectivity index (χ3n) is 4.00. The number of nitrogens with zero attached hydrogens (tertiary/aromatic N) is 3. The van der Waals surface area contributed by atoms with Crippen molar-refractivity contribution in [1.82, 2.24) is 14.8 Å². The highest BCUT2D eigenvalue weighted by atomic mass is 79.9. The Morgan fingerprint density at radius 3 is 2.68 bits per heavy atom. The van der Waals surface area contributed by atoms with E-state index in [2.05, 4.69) is 26.1 Å². The number of fused-ring (bicyclic) bond motifs is 1. The largest absolute Gasteiger partial charge is 0.486 e. The minimum absolute atomic E-state index is 0.581. The molecular weight excluding hydrogens is 406 g/mol. The summed E-state index contributed by atoms with van der Waals surface area (Å²) < 4.78 is 19.6. The molecule has 130 valence electrons. The lowest BCUT2D eigenvalue weighted by Crippen LogP contribution is -2.15. The summed E-state index contributed by atoms with van der Waals surface area (Å²) in [5.74, 6) is 3.95. The van der Waals surface area contributed by atoms with E-state index >= 15 is 0 Å². The summed E-state index contributed by atoms with van der Waals surface area (Å²) in [6, 6.07) is 5.88. The second-order valence-corrected chi connectivity index (χ2v) is 7.43. The van der Waals surface area contributed by atoms with Crippen LogP contribution >= 0.6 is 27.7 Å². The van der Waals surface area contributed by atoms with E-state index in [-0.39, 0.29) is 0 Å².